The van der Waals surface area contributed by atoms with E-state index in [-0.39, 0.29) is 6.09 Å². The molecule has 2 unspecified atom stereocenters. The molecule has 0 spiro atoms. The van der Waals surface area contributed by atoms with Gasteiger partial charge in [-0.25, -0.2) is 4.79 Å². The number of aliphatic hydroxyl groups is 1. The molecule has 1 aliphatic rings. The van der Waals surface area contributed by atoms with E-state index in [0.717, 1.165) is 37.5 Å². The molecule has 2 rings (SSSR count). The molecule has 7 heteroatoms. The first-order chi connectivity index (χ1) is 14.3. The Labute approximate surface area is 180 Å². The van der Waals surface area contributed by atoms with Gasteiger partial charge < -0.3 is 25.4 Å². The minimum atomic E-state index is -0.498. The third kappa shape index (κ3) is 8.61. The van der Waals surface area contributed by atoms with Crippen LogP contribution in [0.25, 0.3) is 0 Å². The van der Waals surface area contributed by atoms with Crippen LogP contribution in [0, 0.1) is 5.92 Å². The highest BCUT2D eigenvalue weighted by Gasteiger charge is 2.27. The Morgan fingerprint density at radius 1 is 1.30 bits per heavy atom. The number of hydrogen-bond acceptors (Lipinski definition) is 4. The average Bonchev–Trinajstić information content (AvgIpc) is 2.71. The summed E-state index contributed by atoms with van der Waals surface area (Å²) >= 11 is 0. The predicted octanol–water partition coefficient (Wildman–Crippen LogP) is 3.31. The largest absolute Gasteiger partial charge is 0.444 e. The zero-order valence-corrected chi connectivity index (χ0v) is 18.9. The van der Waals surface area contributed by atoms with Crippen molar-refractivity contribution in [1.29, 1.82) is 0 Å². The fraction of sp³-hybridized carbons (Fsp3) is 0.652. The summed E-state index contributed by atoms with van der Waals surface area (Å²) in [6, 6.07) is 9.68. The van der Waals surface area contributed by atoms with Crippen LogP contribution in [0.2, 0.25) is 0 Å². The van der Waals surface area contributed by atoms with E-state index in [1.165, 1.54) is 0 Å². The van der Waals surface area contributed by atoms with E-state index in [0.29, 0.717) is 32.0 Å². The van der Waals surface area contributed by atoms with Gasteiger partial charge >= 0.3 is 6.09 Å². The van der Waals surface area contributed by atoms with Crippen LogP contribution in [-0.4, -0.2) is 60.4 Å². The second kappa shape index (κ2) is 11.8. The second-order valence-corrected chi connectivity index (χ2v) is 8.80. The van der Waals surface area contributed by atoms with Gasteiger partial charge in [0.1, 0.15) is 5.60 Å². The molecule has 168 valence electrons. The lowest BCUT2D eigenvalue weighted by molar-refractivity contribution is 0.0170. The molecule has 3 N–H and O–H groups in total. The van der Waals surface area contributed by atoms with Crippen molar-refractivity contribution in [3.05, 3.63) is 35.9 Å². The van der Waals surface area contributed by atoms with Gasteiger partial charge in [-0.05, 0) is 58.4 Å². The lowest BCUT2D eigenvalue weighted by atomic mass is 9.98. The van der Waals surface area contributed by atoms with Gasteiger partial charge in [-0.1, -0.05) is 30.3 Å². The van der Waals surface area contributed by atoms with Crippen LogP contribution in [0.5, 0.6) is 0 Å². The van der Waals surface area contributed by atoms with Crippen LogP contribution >= 0.6 is 0 Å². The van der Waals surface area contributed by atoms with Crippen LogP contribution in [0.4, 0.5) is 4.79 Å². The number of aliphatic imine (C=N–C) groups is 1. The highest BCUT2D eigenvalue weighted by atomic mass is 16.6. The molecule has 1 heterocycles. The van der Waals surface area contributed by atoms with Crippen LogP contribution < -0.4 is 10.6 Å². The highest BCUT2D eigenvalue weighted by molar-refractivity contribution is 5.79. The molecule has 0 saturated carbocycles. The summed E-state index contributed by atoms with van der Waals surface area (Å²) in [7, 11) is 0. The lowest BCUT2D eigenvalue weighted by Crippen LogP contribution is -2.44. The molecule has 7 nitrogen and oxygen atoms in total. The second-order valence-electron chi connectivity index (χ2n) is 8.80. The normalized spacial score (nSPS) is 18.6. The standard InChI is InChI=1S/C23H38N4O3/c1-5-24-21(25-14-13-20(28)19-11-7-6-8-12-19)26-16-18-10-9-15-27(17-18)22(29)30-23(2,3)4/h6-8,11-12,18,20,28H,5,9-10,13-17H2,1-4H3,(H2,24,25,26). The molecule has 1 aromatic carbocycles. The van der Waals surface area contributed by atoms with Gasteiger partial charge in [-0.2, -0.15) is 0 Å². The zero-order chi connectivity index (χ0) is 22.0. The van der Waals surface area contributed by atoms with E-state index in [1.807, 2.05) is 58.0 Å². The van der Waals surface area contributed by atoms with E-state index in [4.69, 9.17) is 9.73 Å². The minimum Gasteiger partial charge on any atom is -0.444 e. The number of aliphatic hydroxyl groups excluding tert-OH is 1. The van der Waals surface area contributed by atoms with Crippen LogP contribution in [0.3, 0.4) is 0 Å². The van der Waals surface area contributed by atoms with Crippen molar-refractivity contribution in [2.75, 3.05) is 32.7 Å². The lowest BCUT2D eigenvalue weighted by Gasteiger charge is -2.33. The first-order valence-corrected chi connectivity index (χ1v) is 11.0. The molecule has 1 aromatic rings. The summed E-state index contributed by atoms with van der Waals surface area (Å²) < 4.78 is 5.50. The number of likely N-dealkylation sites (tertiary alicyclic amines) is 1. The fourth-order valence-corrected chi connectivity index (χ4v) is 3.44. The van der Waals surface area contributed by atoms with Crippen molar-refractivity contribution in [3.63, 3.8) is 0 Å². The van der Waals surface area contributed by atoms with E-state index in [9.17, 15) is 9.90 Å². The van der Waals surface area contributed by atoms with Crippen molar-refractivity contribution in [2.45, 2.75) is 58.7 Å². The molecule has 2 atom stereocenters. The topological polar surface area (TPSA) is 86.2 Å². The summed E-state index contributed by atoms with van der Waals surface area (Å²) in [5.41, 5.74) is 0.444. The quantitative estimate of drug-likeness (QED) is 0.467. The first kappa shape index (κ1) is 24.0. The maximum Gasteiger partial charge on any atom is 0.410 e. The Hall–Kier alpha value is -2.28. The molecule has 1 saturated heterocycles. The SMILES string of the molecule is CCNC(=NCC1CCCN(C(=O)OC(C)(C)C)C1)NCCC(O)c1ccccc1. The number of rotatable bonds is 7. The molecule has 0 radical (unpaired) electrons. The zero-order valence-electron chi connectivity index (χ0n) is 18.9. The molecular weight excluding hydrogens is 380 g/mol. The van der Waals surface area contributed by atoms with E-state index in [1.54, 1.807) is 4.90 Å². The number of hydrogen-bond donors (Lipinski definition) is 3. The number of carbonyl (C=O) groups is 1. The Morgan fingerprint density at radius 2 is 2.03 bits per heavy atom. The summed E-state index contributed by atoms with van der Waals surface area (Å²) in [6.07, 6.45) is 1.88. The molecule has 0 aromatic heterocycles. The number of amides is 1. The van der Waals surface area contributed by atoms with Crippen molar-refractivity contribution in [2.24, 2.45) is 10.9 Å². The Kier molecular flexibility index (Phi) is 9.43. The Bertz CT molecular complexity index is 673. The maximum absolute atomic E-state index is 12.3. The maximum atomic E-state index is 12.3. The van der Waals surface area contributed by atoms with Crippen molar-refractivity contribution in [3.8, 4) is 0 Å². The molecule has 0 bridgehead atoms. The van der Waals surface area contributed by atoms with Crippen molar-refractivity contribution < 1.29 is 14.6 Å². The molecule has 30 heavy (non-hydrogen) atoms. The number of piperidine rings is 1. The predicted molar refractivity (Wildman–Crippen MR) is 121 cm³/mol. The summed E-state index contributed by atoms with van der Waals surface area (Å²) in [5.74, 6) is 1.06. The highest BCUT2D eigenvalue weighted by Crippen LogP contribution is 2.20. The van der Waals surface area contributed by atoms with Crippen molar-refractivity contribution in [1.82, 2.24) is 15.5 Å². The number of ether oxygens (including phenoxy) is 1. The van der Waals surface area contributed by atoms with Gasteiger partial charge in [0.2, 0.25) is 0 Å². The third-order valence-corrected chi connectivity index (χ3v) is 4.92. The summed E-state index contributed by atoms with van der Waals surface area (Å²) in [5, 5.41) is 16.9. The number of benzene rings is 1. The van der Waals surface area contributed by atoms with Gasteiger partial charge in [-0.15, -0.1) is 0 Å². The number of guanidine groups is 1. The monoisotopic (exact) mass is 418 g/mol. The Balaban J connectivity index is 1.82. The van der Waals surface area contributed by atoms with Gasteiger partial charge in [0.25, 0.3) is 0 Å². The first-order valence-electron chi connectivity index (χ1n) is 11.0. The molecular formula is C23H38N4O3. The van der Waals surface area contributed by atoms with E-state index >= 15 is 0 Å². The fourth-order valence-electron chi connectivity index (χ4n) is 3.44. The van der Waals surface area contributed by atoms with Gasteiger partial charge in [0.05, 0.1) is 6.10 Å². The smallest absolute Gasteiger partial charge is 0.410 e. The number of nitrogens with zero attached hydrogens (tertiary/aromatic N) is 2. The Morgan fingerprint density at radius 3 is 2.70 bits per heavy atom. The number of carbonyl (C=O) groups excluding carboxylic acids is 1. The van der Waals surface area contributed by atoms with E-state index < -0.39 is 11.7 Å². The third-order valence-electron chi connectivity index (χ3n) is 4.92. The molecule has 1 fully saturated rings. The van der Waals surface area contributed by atoms with Gasteiger partial charge in [0, 0.05) is 32.7 Å². The van der Waals surface area contributed by atoms with Gasteiger partial charge in [0.15, 0.2) is 5.96 Å². The average molecular weight is 419 g/mol. The molecule has 0 aliphatic carbocycles. The van der Waals surface area contributed by atoms with Crippen LogP contribution in [0.15, 0.2) is 35.3 Å². The van der Waals surface area contributed by atoms with Crippen molar-refractivity contribution >= 4 is 12.1 Å². The minimum absolute atomic E-state index is 0.240. The summed E-state index contributed by atoms with van der Waals surface area (Å²) in [4.78, 5) is 18.8. The van der Waals surface area contributed by atoms with Gasteiger partial charge in [-0.3, -0.25) is 4.99 Å². The molecule has 1 aliphatic heterocycles. The molecule has 1 amide bonds. The number of nitrogens with one attached hydrogen (secondary N) is 2. The van der Waals surface area contributed by atoms with Crippen LogP contribution in [0.1, 0.15) is 58.6 Å². The van der Waals surface area contributed by atoms with E-state index in [2.05, 4.69) is 10.6 Å². The van der Waals surface area contributed by atoms with Crippen LogP contribution in [-0.2, 0) is 4.74 Å². The summed E-state index contributed by atoms with van der Waals surface area (Å²) in [6.45, 7) is 11.1.